The first-order valence-electron chi connectivity index (χ1n) is 9.26. The summed E-state index contributed by atoms with van der Waals surface area (Å²) in [6.07, 6.45) is 3.78. The molecule has 1 unspecified atom stereocenters. The smallest absolute Gasteiger partial charge is 0.251 e. The molecule has 8 heteroatoms. The molecule has 6 nitrogen and oxygen atoms in total. The zero-order valence-electron chi connectivity index (χ0n) is 16.2. The number of benzene rings is 2. The number of hydrogen-bond acceptors (Lipinski definition) is 4. The van der Waals surface area contributed by atoms with Gasteiger partial charge in [-0.2, -0.15) is 15.0 Å². The molecule has 0 fully saturated rings. The van der Waals surface area contributed by atoms with E-state index in [1.807, 2.05) is 6.07 Å². The normalized spacial score (nSPS) is 12.0. The molecule has 0 radical (unpaired) electrons. The molecule has 0 aliphatic carbocycles. The van der Waals surface area contributed by atoms with Crippen molar-refractivity contribution in [3.8, 4) is 5.75 Å². The van der Waals surface area contributed by atoms with Crippen LogP contribution in [0.15, 0.2) is 54.9 Å². The Bertz CT molecular complexity index is 944. The molecule has 3 rings (SSSR count). The highest BCUT2D eigenvalue weighted by Gasteiger charge is 2.23. The lowest BCUT2D eigenvalue weighted by molar-refractivity contribution is -0.120. The second-order valence-corrected chi connectivity index (χ2v) is 7.86. The molecular formula is C21H22Cl2N4O2. The van der Waals surface area contributed by atoms with Crippen LogP contribution in [0.2, 0.25) is 10.0 Å². The molecule has 1 heterocycles. The molecule has 0 aliphatic heterocycles. The summed E-state index contributed by atoms with van der Waals surface area (Å²) >= 11 is 11.9. The van der Waals surface area contributed by atoms with Gasteiger partial charge in [0.1, 0.15) is 12.4 Å². The lowest BCUT2D eigenvalue weighted by Gasteiger charge is -2.18. The maximum absolute atomic E-state index is 12.7. The highest BCUT2D eigenvalue weighted by atomic mass is 35.5. The molecule has 29 heavy (non-hydrogen) atoms. The number of nitrogens with zero attached hydrogens (tertiary/aromatic N) is 3. The van der Waals surface area contributed by atoms with Crippen LogP contribution in [0.4, 0.5) is 5.69 Å². The number of anilines is 1. The summed E-state index contributed by atoms with van der Waals surface area (Å²) in [4.78, 5) is 14.2. The van der Waals surface area contributed by atoms with Crippen LogP contribution in [-0.2, 0) is 11.4 Å². The van der Waals surface area contributed by atoms with E-state index in [1.165, 1.54) is 4.80 Å². The standard InChI is InChI=1S/C21H22Cl2N4O2/c1-14(2)11-20(27-24-9-10-25-27)21(28)26-16-4-6-17(7-5-16)29-13-15-3-8-18(22)19(23)12-15/h3-10,12,14,20H,11,13H2,1-2H3,(H,26,28). The lowest BCUT2D eigenvalue weighted by Crippen LogP contribution is -2.28. The van der Waals surface area contributed by atoms with E-state index in [2.05, 4.69) is 29.4 Å². The Morgan fingerprint density at radius 1 is 1.07 bits per heavy atom. The van der Waals surface area contributed by atoms with Gasteiger partial charge in [-0.3, -0.25) is 4.79 Å². The number of nitrogens with one attached hydrogen (secondary N) is 1. The number of carbonyl (C=O) groups is 1. The van der Waals surface area contributed by atoms with E-state index >= 15 is 0 Å². The van der Waals surface area contributed by atoms with Crippen LogP contribution in [0.25, 0.3) is 0 Å². The summed E-state index contributed by atoms with van der Waals surface area (Å²) in [7, 11) is 0. The van der Waals surface area contributed by atoms with Gasteiger partial charge in [-0.1, -0.05) is 43.1 Å². The van der Waals surface area contributed by atoms with Crippen LogP contribution >= 0.6 is 23.2 Å². The van der Waals surface area contributed by atoms with Gasteiger partial charge in [0.2, 0.25) is 0 Å². The molecule has 1 N–H and O–H groups in total. The van der Waals surface area contributed by atoms with E-state index < -0.39 is 6.04 Å². The van der Waals surface area contributed by atoms with Crippen molar-refractivity contribution < 1.29 is 9.53 Å². The van der Waals surface area contributed by atoms with Crippen molar-refractivity contribution in [3.63, 3.8) is 0 Å². The summed E-state index contributed by atoms with van der Waals surface area (Å²) < 4.78 is 5.77. The molecular weight excluding hydrogens is 411 g/mol. The third-order valence-electron chi connectivity index (χ3n) is 4.22. The second-order valence-electron chi connectivity index (χ2n) is 7.05. The van der Waals surface area contributed by atoms with Crippen LogP contribution in [-0.4, -0.2) is 20.9 Å². The highest BCUT2D eigenvalue weighted by molar-refractivity contribution is 6.42. The minimum atomic E-state index is -0.462. The van der Waals surface area contributed by atoms with Gasteiger partial charge in [0.15, 0.2) is 6.04 Å². The molecule has 2 aromatic carbocycles. The van der Waals surface area contributed by atoms with Crippen molar-refractivity contribution in [2.45, 2.75) is 32.9 Å². The summed E-state index contributed by atoms with van der Waals surface area (Å²) in [6, 6.07) is 12.1. The van der Waals surface area contributed by atoms with E-state index in [-0.39, 0.29) is 5.91 Å². The molecule has 0 aliphatic rings. The van der Waals surface area contributed by atoms with Gasteiger partial charge in [0.05, 0.1) is 22.4 Å². The van der Waals surface area contributed by atoms with E-state index in [0.717, 1.165) is 5.56 Å². The van der Waals surface area contributed by atoms with Gasteiger partial charge in [0.25, 0.3) is 5.91 Å². The van der Waals surface area contributed by atoms with E-state index in [4.69, 9.17) is 27.9 Å². The van der Waals surface area contributed by atoms with Gasteiger partial charge < -0.3 is 10.1 Å². The minimum absolute atomic E-state index is 0.153. The Morgan fingerprint density at radius 2 is 1.76 bits per heavy atom. The van der Waals surface area contributed by atoms with Crippen molar-refractivity contribution in [1.82, 2.24) is 15.0 Å². The molecule has 0 saturated carbocycles. The fourth-order valence-corrected chi connectivity index (χ4v) is 3.12. The second kappa shape index (κ2) is 9.76. The summed E-state index contributed by atoms with van der Waals surface area (Å²) in [5.74, 6) is 0.856. The average Bonchev–Trinajstić information content (AvgIpc) is 3.22. The maximum Gasteiger partial charge on any atom is 0.251 e. The number of rotatable bonds is 8. The summed E-state index contributed by atoms with van der Waals surface area (Å²) in [5.41, 5.74) is 1.60. The maximum atomic E-state index is 12.7. The number of hydrogen-bond donors (Lipinski definition) is 1. The first-order chi connectivity index (χ1) is 13.9. The molecule has 0 bridgehead atoms. The SMILES string of the molecule is CC(C)CC(C(=O)Nc1ccc(OCc2ccc(Cl)c(Cl)c2)cc1)n1nccn1. The number of ether oxygens (including phenoxy) is 1. The van der Waals surface area contributed by atoms with E-state index in [0.29, 0.717) is 40.4 Å². The lowest BCUT2D eigenvalue weighted by atomic mass is 10.0. The third-order valence-corrected chi connectivity index (χ3v) is 4.96. The third kappa shape index (κ3) is 5.95. The van der Waals surface area contributed by atoms with Gasteiger partial charge in [-0.05, 0) is 54.3 Å². The Kier molecular flexibility index (Phi) is 7.12. The van der Waals surface area contributed by atoms with E-state index in [9.17, 15) is 4.79 Å². The van der Waals surface area contributed by atoms with Gasteiger partial charge in [-0.25, -0.2) is 0 Å². The van der Waals surface area contributed by atoms with Crippen LogP contribution in [0, 0.1) is 5.92 Å². The fourth-order valence-electron chi connectivity index (χ4n) is 2.80. The topological polar surface area (TPSA) is 69.0 Å². The van der Waals surface area contributed by atoms with Crippen LogP contribution < -0.4 is 10.1 Å². The van der Waals surface area contributed by atoms with Crippen molar-refractivity contribution >= 4 is 34.8 Å². The average molecular weight is 433 g/mol. The number of carbonyl (C=O) groups excluding carboxylic acids is 1. The summed E-state index contributed by atoms with van der Waals surface area (Å²) in [5, 5.41) is 12.2. The molecule has 1 amide bonds. The number of amides is 1. The van der Waals surface area contributed by atoms with Crippen LogP contribution in [0.3, 0.4) is 0 Å². The number of aromatic nitrogens is 3. The predicted octanol–water partition coefficient (Wildman–Crippen LogP) is 5.39. The largest absolute Gasteiger partial charge is 0.489 e. The predicted molar refractivity (Wildman–Crippen MR) is 114 cm³/mol. The zero-order valence-corrected chi connectivity index (χ0v) is 17.7. The first kappa shape index (κ1) is 21.1. The quantitative estimate of drug-likeness (QED) is 0.517. The molecule has 3 aromatic rings. The van der Waals surface area contributed by atoms with E-state index in [1.54, 1.807) is 48.8 Å². The van der Waals surface area contributed by atoms with Gasteiger partial charge in [-0.15, -0.1) is 0 Å². The Hall–Kier alpha value is -2.57. The molecule has 0 spiro atoms. The first-order valence-corrected chi connectivity index (χ1v) is 10.0. The Labute approximate surface area is 179 Å². The van der Waals surface area contributed by atoms with Gasteiger partial charge >= 0.3 is 0 Å². The summed E-state index contributed by atoms with van der Waals surface area (Å²) in [6.45, 7) is 4.48. The molecule has 0 saturated heterocycles. The minimum Gasteiger partial charge on any atom is -0.489 e. The Morgan fingerprint density at radius 3 is 2.38 bits per heavy atom. The van der Waals surface area contributed by atoms with Crippen molar-refractivity contribution in [3.05, 3.63) is 70.5 Å². The highest BCUT2D eigenvalue weighted by Crippen LogP contribution is 2.24. The zero-order chi connectivity index (χ0) is 20.8. The molecule has 1 aromatic heterocycles. The van der Waals surface area contributed by atoms with Crippen LogP contribution in [0.5, 0.6) is 5.75 Å². The van der Waals surface area contributed by atoms with Gasteiger partial charge in [0, 0.05) is 5.69 Å². The van der Waals surface area contributed by atoms with Crippen LogP contribution in [0.1, 0.15) is 31.9 Å². The van der Waals surface area contributed by atoms with Crippen molar-refractivity contribution in [2.24, 2.45) is 5.92 Å². The Balaban J connectivity index is 1.60. The monoisotopic (exact) mass is 432 g/mol. The fraction of sp³-hybridized carbons (Fsp3) is 0.286. The molecule has 152 valence electrons. The molecule has 1 atom stereocenters. The van der Waals surface area contributed by atoms with Crippen molar-refractivity contribution in [2.75, 3.05) is 5.32 Å². The van der Waals surface area contributed by atoms with Crippen molar-refractivity contribution in [1.29, 1.82) is 0 Å². The number of halogens is 2.